The first-order valence-corrected chi connectivity index (χ1v) is 7.49. The quantitative estimate of drug-likeness (QED) is 0.818. The second-order valence-corrected chi connectivity index (χ2v) is 5.16. The van der Waals surface area contributed by atoms with Crippen molar-refractivity contribution in [2.45, 2.75) is 0 Å². The van der Waals surface area contributed by atoms with Crippen LogP contribution in [-0.2, 0) is 4.74 Å². The lowest BCUT2D eigenvalue weighted by Gasteiger charge is -2.26. The van der Waals surface area contributed by atoms with Gasteiger partial charge in [0, 0.05) is 18.7 Å². The van der Waals surface area contributed by atoms with Crippen molar-refractivity contribution in [2.75, 3.05) is 26.3 Å². The van der Waals surface area contributed by atoms with Crippen LogP contribution in [0, 0.1) is 0 Å². The summed E-state index contributed by atoms with van der Waals surface area (Å²) in [5.74, 6) is 0.105. The monoisotopic (exact) mass is 311 g/mol. The van der Waals surface area contributed by atoms with Gasteiger partial charge in [-0.15, -0.1) is 0 Å². The molecule has 2 aromatic rings. The zero-order valence-corrected chi connectivity index (χ0v) is 12.6. The van der Waals surface area contributed by atoms with Gasteiger partial charge in [-0.1, -0.05) is 42.5 Å². The van der Waals surface area contributed by atoms with Crippen molar-refractivity contribution in [3.05, 3.63) is 65.7 Å². The summed E-state index contributed by atoms with van der Waals surface area (Å²) in [5.41, 5.74) is 0.933. The molecule has 118 valence electrons. The molecule has 1 heterocycles. The molecule has 23 heavy (non-hydrogen) atoms. The van der Waals surface area contributed by atoms with Crippen LogP contribution in [-0.4, -0.2) is 43.1 Å². The van der Waals surface area contributed by atoms with E-state index in [2.05, 4.69) is 0 Å². The van der Waals surface area contributed by atoms with Gasteiger partial charge >= 0.3 is 6.09 Å². The third kappa shape index (κ3) is 3.57. The van der Waals surface area contributed by atoms with Crippen molar-refractivity contribution in [3.63, 3.8) is 0 Å². The summed E-state index contributed by atoms with van der Waals surface area (Å²) in [6.07, 6.45) is -0.457. The topological polar surface area (TPSA) is 55.8 Å². The predicted octanol–water partition coefficient (Wildman–Crippen LogP) is 2.75. The maximum Gasteiger partial charge on any atom is 0.415 e. The van der Waals surface area contributed by atoms with Gasteiger partial charge in [0.25, 0.3) is 0 Å². The molecule has 0 aromatic heterocycles. The van der Waals surface area contributed by atoms with Gasteiger partial charge in [0.2, 0.25) is 0 Å². The predicted molar refractivity (Wildman–Crippen MR) is 84.7 cm³/mol. The minimum atomic E-state index is -0.457. The Bertz CT molecular complexity index is 693. The summed E-state index contributed by atoms with van der Waals surface area (Å²) in [5, 5.41) is 0. The van der Waals surface area contributed by atoms with E-state index in [0.717, 1.165) is 0 Å². The maximum atomic E-state index is 12.6. The average Bonchev–Trinajstić information content (AvgIpc) is 2.63. The van der Waals surface area contributed by atoms with E-state index in [-0.39, 0.29) is 11.5 Å². The summed E-state index contributed by atoms with van der Waals surface area (Å²) in [6.45, 7) is 1.99. The molecule has 0 spiro atoms. The maximum absolute atomic E-state index is 12.6. The van der Waals surface area contributed by atoms with Crippen LogP contribution >= 0.6 is 0 Å². The van der Waals surface area contributed by atoms with E-state index in [9.17, 15) is 9.59 Å². The van der Waals surface area contributed by atoms with E-state index >= 15 is 0 Å². The third-order valence-electron chi connectivity index (χ3n) is 3.63. The number of para-hydroxylation sites is 1. The van der Waals surface area contributed by atoms with E-state index < -0.39 is 6.09 Å². The highest BCUT2D eigenvalue weighted by Gasteiger charge is 2.21. The molecule has 0 bridgehead atoms. The Balaban J connectivity index is 1.80. The Kier molecular flexibility index (Phi) is 4.68. The number of carbonyl (C=O) groups is 2. The molecule has 1 aliphatic rings. The van der Waals surface area contributed by atoms with Crippen molar-refractivity contribution < 1.29 is 19.1 Å². The smallest absolute Gasteiger partial charge is 0.409 e. The summed E-state index contributed by atoms with van der Waals surface area (Å²) in [4.78, 5) is 26.4. The molecule has 1 saturated heterocycles. The van der Waals surface area contributed by atoms with Gasteiger partial charge in [0.05, 0.1) is 18.8 Å². The molecule has 0 N–H and O–H groups in total. The Morgan fingerprint density at radius 1 is 0.913 bits per heavy atom. The third-order valence-corrected chi connectivity index (χ3v) is 3.63. The molecule has 2 aromatic carbocycles. The van der Waals surface area contributed by atoms with E-state index in [1.165, 1.54) is 0 Å². The normalized spacial score (nSPS) is 14.3. The minimum absolute atomic E-state index is 0.170. The molecule has 3 rings (SSSR count). The number of hydrogen-bond acceptors (Lipinski definition) is 4. The van der Waals surface area contributed by atoms with Crippen LogP contribution in [0.3, 0.4) is 0 Å². The fourth-order valence-corrected chi connectivity index (χ4v) is 2.39. The number of rotatable bonds is 3. The lowest BCUT2D eigenvalue weighted by Crippen LogP contribution is -2.42. The Hall–Kier alpha value is -2.66. The molecule has 0 radical (unpaired) electrons. The van der Waals surface area contributed by atoms with Crippen molar-refractivity contribution in [2.24, 2.45) is 0 Å². The fourth-order valence-electron chi connectivity index (χ4n) is 2.39. The van der Waals surface area contributed by atoms with Crippen LogP contribution in [0.15, 0.2) is 54.6 Å². The van der Waals surface area contributed by atoms with Crippen molar-refractivity contribution in [1.82, 2.24) is 4.90 Å². The number of carbonyl (C=O) groups excluding carboxylic acids is 2. The van der Waals surface area contributed by atoms with Gasteiger partial charge in [-0.2, -0.15) is 0 Å². The number of nitrogens with zero attached hydrogens (tertiary/aromatic N) is 1. The van der Waals surface area contributed by atoms with E-state index in [1.54, 1.807) is 53.4 Å². The van der Waals surface area contributed by atoms with E-state index in [4.69, 9.17) is 9.47 Å². The first-order valence-electron chi connectivity index (χ1n) is 7.49. The molecule has 0 aliphatic carbocycles. The molecule has 5 heteroatoms. The van der Waals surface area contributed by atoms with Gasteiger partial charge in [-0.05, 0) is 12.1 Å². The Morgan fingerprint density at radius 3 is 2.30 bits per heavy atom. The lowest BCUT2D eigenvalue weighted by molar-refractivity contribution is 0.0415. The van der Waals surface area contributed by atoms with Crippen LogP contribution in [0.4, 0.5) is 4.79 Å². The van der Waals surface area contributed by atoms with E-state index in [0.29, 0.717) is 37.4 Å². The zero-order chi connectivity index (χ0) is 16.1. The number of benzene rings is 2. The van der Waals surface area contributed by atoms with Crippen LogP contribution in [0.25, 0.3) is 0 Å². The molecule has 0 atom stereocenters. The molecule has 1 aliphatic heterocycles. The molecular formula is C18H17NO4. The van der Waals surface area contributed by atoms with Crippen LogP contribution in [0.5, 0.6) is 5.75 Å². The van der Waals surface area contributed by atoms with Crippen molar-refractivity contribution in [3.8, 4) is 5.75 Å². The average molecular weight is 311 g/mol. The zero-order valence-electron chi connectivity index (χ0n) is 12.6. The molecule has 0 saturated carbocycles. The van der Waals surface area contributed by atoms with Crippen LogP contribution < -0.4 is 4.74 Å². The number of hydrogen-bond donors (Lipinski definition) is 0. The van der Waals surface area contributed by atoms with Gasteiger partial charge in [0.1, 0.15) is 5.75 Å². The largest absolute Gasteiger partial charge is 0.415 e. The molecule has 5 nitrogen and oxygen atoms in total. The second-order valence-electron chi connectivity index (χ2n) is 5.16. The fraction of sp³-hybridized carbons (Fsp3) is 0.222. The second kappa shape index (κ2) is 7.07. The Labute approximate surface area is 134 Å². The first kappa shape index (κ1) is 15.2. The first-order chi connectivity index (χ1) is 11.3. The summed E-state index contributed by atoms with van der Waals surface area (Å²) >= 11 is 0. The molecular weight excluding hydrogens is 294 g/mol. The summed E-state index contributed by atoms with van der Waals surface area (Å²) < 4.78 is 10.7. The highest BCUT2D eigenvalue weighted by molar-refractivity contribution is 6.10. The number of morpholine rings is 1. The van der Waals surface area contributed by atoms with Gasteiger partial charge in [-0.25, -0.2) is 4.79 Å². The highest BCUT2D eigenvalue weighted by Crippen LogP contribution is 2.22. The summed E-state index contributed by atoms with van der Waals surface area (Å²) in [7, 11) is 0. The molecule has 0 unspecified atom stereocenters. The highest BCUT2D eigenvalue weighted by atomic mass is 16.6. The number of ether oxygens (including phenoxy) is 2. The Morgan fingerprint density at radius 2 is 1.57 bits per heavy atom. The van der Waals surface area contributed by atoms with Gasteiger partial charge in [-0.3, -0.25) is 4.79 Å². The molecule has 1 amide bonds. The molecule has 1 fully saturated rings. The van der Waals surface area contributed by atoms with E-state index in [1.807, 2.05) is 6.07 Å². The van der Waals surface area contributed by atoms with Gasteiger partial charge < -0.3 is 14.4 Å². The number of amides is 1. The minimum Gasteiger partial charge on any atom is -0.409 e. The van der Waals surface area contributed by atoms with Crippen molar-refractivity contribution in [1.29, 1.82) is 0 Å². The van der Waals surface area contributed by atoms with Gasteiger partial charge in [0.15, 0.2) is 5.78 Å². The van der Waals surface area contributed by atoms with Crippen LogP contribution in [0.2, 0.25) is 0 Å². The van der Waals surface area contributed by atoms with Crippen LogP contribution in [0.1, 0.15) is 15.9 Å². The summed E-state index contributed by atoms with van der Waals surface area (Å²) in [6, 6.07) is 15.7. The standard InChI is InChI=1S/C18H17NO4/c20-17(14-6-2-1-3-7-14)15-8-4-5-9-16(15)23-18(21)19-10-12-22-13-11-19/h1-9H,10-13H2. The number of ketones is 1. The van der Waals surface area contributed by atoms with Crippen molar-refractivity contribution >= 4 is 11.9 Å². The SMILES string of the molecule is O=C(c1ccccc1)c1ccccc1OC(=O)N1CCOCC1. The lowest BCUT2D eigenvalue weighted by atomic mass is 10.0.